The van der Waals surface area contributed by atoms with E-state index in [1.807, 2.05) is 13.0 Å². The first kappa shape index (κ1) is 10.3. The highest BCUT2D eigenvalue weighted by molar-refractivity contribution is 5.71. The Balaban J connectivity index is 2.83. The molecule has 0 spiro atoms. The van der Waals surface area contributed by atoms with Gasteiger partial charge in [-0.05, 0) is 25.2 Å². The highest BCUT2D eigenvalue weighted by Gasteiger charge is 2.38. The molecule has 2 unspecified atom stereocenters. The molecule has 1 aliphatic rings. The summed E-state index contributed by atoms with van der Waals surface area (Å²) in [6.45, 7) is 4.02. The van der Waals surface area contributed by atoms with E-state index in [0.29, 0.717) is 0 Å². The largest absolute Gasteiger partial charge is 0.481 e. The molecule has 1 fully saturated rings. The van der Waals surface area contributed by atoms with Crippen molar-refractivity contribution in [2.45, 2.75) is 39.5 Å². The first-order valence-electron chi connectivity index (χ1n) is 4.97. The summed E-state index contributed by atoms with van der Waals surface area (Å²) in [5.41, 5.74) is -0.112. The normalized spacial score (nSPS) is 35.1. The summed E-state index contributed by atoms with van der Waals surface area (Å²) < 4.78 is 0. The Morgan fingerprint density at radius 3 is 2.77 bits per heavy atom. The molecule has 2 nitrogen and oxygen atoms in total. The minimum absolute atomic E-state index is 0.112. The predicted octanol–water partition coefficient (Wildman–Crippen LogP) is 2.84. The SMILES string of the molecule is CC=CC1(C)CCCCC1C(=O)O. The average molecular weight is 182 g/mol. The van der Waals surface area contributed by atoms with Crippen molar-refractivity contribution in [3.8, 4) is 0 Å². The number of hydrogen-bond acceptors (Lipinski definition) is 1. The standard InChI is InChI=1S/C11H18O2/c1-3-7-11(2)8-5-4-6-9(11)10(12)13/h3,7,9H,4-6,8H2,1-2H3,(H,12,13). The van der Waals surface area contributed by atoms with Gasteiger partial charge in [0.15, 0.2) is 0 Å². The molecule has 1 rings (SSSR count). The summed E-state index contributed by atoms with van der Waals surface area (Å²) in [5, 5.41) is 9.07. The summed E-state index contributed by atoms with van der Waals surface area (Å²) >= 11 is 0. The van der Waals surface area contributed by atoms with Crippen molar-refractivity contribution < 1.29 is 9.90 Å². The Morgan fingerprint density at radius 1 is 1.54 bits per heavy atom. The Labute approximate surface area is 79.6 Å². The maximum absolute atomic E-state index is 11.0. The minimum atomic E-state index is -0.639. The molecule has 0 aliphatic heterocycles. The molecule has 0 aromatic carbocycles. The second-order valence-electron chi connectivity index (χ2n) is 4.14. The zero-order valence-corrected chi connectivity index (χ0v) is 8.42. The maximum atomic E-state index is 11.0. The highest BCUT2D eigenvalue weighted by Crippen LogP contribution is 2.42. The first-order chi connectivity index (χ1) is 6.10. The molecule has 74 valence electrons. The van der Waals surface area contributed by atoms with Gasteiger partial charge in [-0.3, -0.25) is 4.79 Å². The van der Waals surface area contributed by atoms with E-state index in [2.05, 4.69) is 13.0 Å². The molecule has 1 N–H and O–H groups in total. The second-order valence-corrected chi connectivity index (χ2v) is 4.14. The van der Waals surface area contributed by atoms with Crippen molar-refractivity contribution in [2.24, 2.45) is 11.3 Å². The second kappa shape index (κ2) is 3.95. The molecule has 1 aliphatic carbocycles. The van der Waals surface area contributed by atoms with Crippen LogP contribution < -0.4 is 0 Å². The molecule has 2 atom stereocenters. The van der Waals surface area contributed by atoms with Gasteiger partial charge in [0.05, 0.1) is 5.92 Å². The lowest BCUT2D eigenvalue weighted by molar-refractivity contribution is -0.146. The van der Waals surface area contributed by atoms with Crippen LogP contribution in [0.5, 0.6) is 0 Å². The van der Waals surface area contributed by atoms with Gasteiger partial charge < -0.3 is 5.11 Å². The zero-order valence-electron chi connectivity index (χ0n) is 8.42. The third-order valence-corrected chi connectivity index (χ3v) is 3.10. The van der Waals surface area contributed by atoms with Gasteiger partial charge in [-0.1, -0.05) is 31.9 Å². The van der Waals surface area contributed by atoms with E-state index in [1.54, 1.807) is 0 Å². The van der Waals surface area contributed by atoms with Crippen LogP contribution >= 0.6 is 0 Å². The quantitative estimate of drug-likeness (QED) is 0.667. The van der Waals surface area contributed by atoms with Crippen LogP contribution in [0.4, 0.5) is 0 Å². The fraction of sp³-hybridized carbons (Fsp3) is 0.727. The number of rotatable bonds is 2. The van der Waals surface area contributed by atoms with Gasteiger partial charge in [0.1, 0.15) is 0 Å². The molecule has 0 amide bonds. The lowest BCUT2D eigenvalue weighted by atomic mass is 9.67. The zero-order chi connectivity index (χ0) is 9.90. The van der Waals surface area contributed by atoms with Gasteiger partial charge in [-0.2, -0.15) is 0 Å². The average Bonchev–Trinajstić information content (AvgIpc) is 2.04. The van der Waals surface area contributed by atoms with Gasteiger partial charge in [0, 0.05) is 0 Å². The van der Waals surface area contributed by atoms with Crippen molar-refractivity contribution in [3.63, 3.8) is 0 Å². The number of carbonyl (C=O) groups is 1. The Kier molecular flexibility index (Phi) is 3.12. The van der Waals surface area contributed by atoms with Gasteiger partial charge in [0.25, 0.3) is 0 Å². The van der Waals surface area contributed by atoms with E-state index in [-0.39, 0.29) is 11.3 Å². The summed E-state index contributed by atoms with van der Waals surface area (Å²) in [5.74, 6) is -0.822. The lowest BCUT2D eigenvalue weighted by Crippen LogP contribution is -2.34. The van der Waals surface area contributed by atoms with Crippen molar-refractivity contribution in [2.75, 3.05) is 0 Å². The predicted molar refractivity (Wildman–Crippen MR) is 52.5 cm³/mol. The van der Waals surface area contributed by atoms with Crippen molar-refractivity contribution in [3.05, 3.63) is 12.2 Å². The topological polar surface area (TPSA) is 37.3 Å². The van der Waals surface area contributed by atoms with Crippen LogP contribution in [0.15, 0.2) is 12.2 Å². The molecule has 1 saturated carbocycles. The maximum Gasteiger partial charge on any atom is 0.307 e. The van der Waals surface area contributed by atoms with E-state index in [4.69, 9.17) is 5.11 Å². The van der Waals surface area contributed by atoms with E-state index < -0.39 is 5.97 Å². The van der Waals surface area contributed by atoms with Gasteiger partial charge in [-0.25, -0.2) is 0 Å². The van der Waals surface area contributed by atoms with Crippen LogP contribution in [-0.4, -0.2) is 11.1 Å². The third kappa shape index (κ3) is 2.11. The number of allylic oxidation sites excluding steroid dienone is 2. The molecule has 2 heteroatoms. The first-order valence-corrected chi connectivity index (χ1v) is 4.97. The Bertz CT molecular complexity index is 220. The van der Waals surface area contributed by atoms with Gasteiger partial charge in [0.2, 0.25) is 0 Å². The Morgan fingerprint density at radius 2 is 2.23 bits per heavy atom. The summed E-state index contributed by atoms with van der Waals surface area (Å²) in [7, 11) is 0. The summed E-state index contributed by atoms with van der Waals surface area (Å²) in [6, 6.07) is 0. The Hall–Kier alpha value is -0.790. The number of carboxylic acids is 1. The van der Waals surface area contributed by atoms with Crippen LogP contribution in [-0.2, 0) is 4.79 Å². The molecule has 0 radical (unpaired) electrons. The lowest BCUT2D eigenvalue weighted by Gasteiger charge is -2.36. The van der Waals surface area contributed by atoms with E-state index in [1.165, 1.54) is 0 Å². The van der Waals surface area contributed by atoms with Gasteiger partial charge >= 0.3 is 5.97 Å². The molecule has 0 heterocycles. The minimum Gasteiger partial charge on any atom is -0.481 e. The number of carboxylic acid groups (broad SMARTS) is 1. The third-order valence-electron chi connectivity index (χ3n) is 3.10. The van der Waals surface area contributed by atoms with Crippen LogP contribution in [0.2, 0.25) is 0 Å². The summed E-state index contributed by atoms with van der Waals surface area (Å²) in [6.07, 6.45) is 8.09. The number of aliphatic carboxylic acids is 1. The smallest absolute Gasteiger partial charge is 0.307 e. The molecule has 0 aromatic rings. The van der Waals surface area contributed by atoms with Crippen LogP contribution in [0.25, 0.3) is 0 Å². The number of hydrogen-bond donors (Lipinski definition) is 1. The monoisotopic (exact) mass is 182 g/mol. The molecular weight excluding hydrogens is 164 g/mol. The van der Waals surface area contributed by atoms with Crippen LogP contribution in [0.3, 0.4) is 0 Å². The van der Waals surface area contributed by atoms with Crippen LogP contribution in [0, 0.1) is 11.3 Å². The fourth-order valence-corrected chi connectivity index (χ4v) is 2.34. The molecule has 13 heavy (non-hydrogen) atoms. The van der Waals surface area contributed by atoms with Gasteiger partial charge in [-0.15, -0.1) is 0 Å². The van der Waals surface area contributed by atoms with Crippen molar-refractivity contribution >= 4 is 5.97 Å². The van der Waals surface area contributed by atoms with E-state index >= 15 is 0 Å². The molecule has 0 bridgehead atoms. The molecule has 0 saturated heterocycles. The van der Waals surface area contributed by atoms with Crippen LogP contribution in [0.1, 0.15) is 39.5 Å². The molecule has 0 aromatic heterocycles. The van der Waals surface area contributed by atoms with Crippen molar-refractivity contribution in [1.82, 2.24) is 0 Å². The highest BCUT2D eigenvalue weighted by atomic mass is 16.4. The van der Waals surface area contributed by atoms with E-state index in [9.17, 15) is 4.79 Å². The summed E-state index contributed by atoms with van der Waals surface area (Å²) in [4.78, 5) is 11.0. The fourth-order valence-electron chi connectivity index (χ4n) is 2.34. The van der Waals surface area contributed by atoms with E-state index in [0.717, 1.165) is 25.7 Å². The van der Waals surface area contributed by atoms with Crippen molar-refractivity contribution in [1.29, 1.82) is 0 Å². The molecular formula is C11H18O2.